The highest BCUT2D eigenvalue weighted by Gasteiger charge is 2.51. The highest BCUT2D eigenvalue weighted by Crippen LogP contribution is 2.60. The molecule has 4 aliphatic carbocycles. The number of carbonyl (C=O) groups is 1. The topological polar surface area (TPSA) is 68.0 Å². The van der Waals surface area contributed by atoms with Crippen LogP contribution in [0.25, 0.3) is 0 Å². The van der Waals surface area contributed by atoms with Gasteiger partial charge in [0, 0.05) is 24.6 Å². The molecule has 28 heavy (non-hydrogen) atoms. The van der Waals surface area contributed by atoms with E-state index in [1.54, 1.807) is 12.3 Å². The number of nitrogens with zero attached hydrogens (tertiary/aromatic N) is 1. The number of halogens is 1. The number of carbonyl (C=O) groups excluding carboxylic acids is 1. The van der Waals surface area contributed by atoms with E-state index in [-0.39, 0.29) is 5.91 Å². The maximum atomic E-state index is 12.6. The molecular formula is C23H26ClN3O. The minimum absolute atomic E-state index is 0.254. The van der Waals surface area contributed by atoms with Crippen molar-refractivity contribution in [3.8, 4) is 0 Å². The van der Waals surface area contributed by atoms with Crippen molar-refractivity contribution >= 4 is 23.2 Å². The molecule has 4 saturated carbocycles. The Bertz CT molecular complexity index is 891. The average molecular weight is 396 g/mol. The molecule has 0 unspecified atom stereocenters. The van der Waals surface area contributed by atoms with E-state index < -0.39 is 0 Å². The Kier molecular flexibility index (Phi) is 4.44. The number of anilines is 1. The van der Waals surface area contributed by atoms with Crippen LogP contribution in [0, 0.1) is 17.8 Å². The summed E-state index contributed by atoms with van der Waals surface area (Å²) in [4.78, 5) is 16.6. The van der Waals surface area contributed by atoms with E-state index >= 15 is 0 Å². The number of hydrogen-bond donors (Lipinski definition) is 2. The van der Waals surface area contributed by atoms with Crippen LogP contribution in [0.15, 0.2) is 36.7 Å². The van der Waals surface area contributed by atoms with Gasteiger partial charge in [-0.25, -0.2) is 0 Å². The summed E-state index contributed by atoms with van der Waals surface area (Å²) in [5, 5.41) is 3.37. The van der Waals surface area contributed by atoms with E-state index in [9.17, 15) is 4.79 Å². The Morgan fingerprint density at radius 1 is 1.14 bits per heavy atom. The maximum Gasteiger partial charge on any atom is 0.258 e. The first kappa shape index (κ1) is 18.1. The highest BCUT2D eigenvalue weighted by molar-refractivity contribution is 6.34. The van der Waals surface area contributed by atoms with Gasteiger partial charge in [-0.2, -0.15) is 0 Å². The molecule has 1 aromatic heterocycles. The van der Waals surface area contributed by atoms with E-state index in [4.69, 9.17) is 17.3 Å². The number of rotatable bonds is 4. The minimum Gasteiger partial charge on any atom is -0.326 e. The van der Waals surface area contributed by atoms with Crippen LogP contribution in [0.1, 0.15) is 60.0 Å². The summed E-state index contributed by atoms with van der Waals surface area (Å²) in [6.07, 6.45) is 11.3. The van der Waals surface area contributed by atoms with Crippen LogP contribution in [0.3, 0.4) is 0 Å². The number of amides is 1. The first-order valence-electron chi connectivity index (χ1n) is 10.3. The summed E-state index contributed by atoms with van der Waals surface area (Å²) in [6, 6.07) is 8.11. The molecule has 2 aromatic rings. The van der Waals surface area contributed by atoms with E-state index in [0.717, 1.165) is 29.0 Å². The van der Waals surface area contributed by atoms with E-state index in [1.165, 1.54) is 50.3 Å². The van der Waals surface area contributed by atoms with E-state index in [1.807, 2.05) is 6.07 Å². The van der Waals surface area contributed by atoms with Crippen molar-refractivity contribution in [2.75, 3.05) is 5.32 Å². The van der Waals surface area contributed by atoms with Crippen molar-refractivity contribution in [1.29, 1.82) is 0 Å². The van der Waals surface area contributed by atoms with Gasteiger partial charge in [0.1, 0.15) is 0 Å². The number of nitrogens with one attached hydrogen (secondary N) is 1. The normalized spacial score (nSPS) is 30.4. The molecule has 4 aliphatic rings. The molecule has 0 spiro atoms. The van der Waals surface area contributed by atoms with Crippen LogP contribution in [0.2, 0.25) is 5.02 Å². The third-order valence-corrected chi connectivity index (χ3v) is 7.57. The fraction of sp³-hybridized carbons (Fsp3) is 0.478. The van der Waals surface area contributed by atoms with Crippen LogP contribution in [0.5, 0.6) is 0 Å². The summed E-state index contributed by atoms with van der Waals surface area (Å²) in [6.45, 7) is 0.399. The zero-order chi connectivity index (χ0) is 19.3. The Morgan fingerprint density at radius 3 is 2.43 bits per heavy atom. The molecule has 1 amide bonds. The van der Waals surface area contributed by atoms with Crippen LogP contribution in [-0.4, -0.2) is 10.9 Å². The molecular weight excluding hydrogens is 370 g/mol. The molecule has 5 heteroatoms. The third kappa shape index (κ3) is 3.03. The standard InChI is InChI=1S/C23H26ClN3O/c24-20-3-4-26-13-19(20)22(28)27-21-2-1-18(8-17(21)12-25)23-9-14-5-15(10-23)7-16(6-14)11-23/h1-4,8,13-16H,5-7,9-12,25H2,(H,27,28). The number of pyridine rings is 1. The molecule has 0 aliphatic heterocycles. The average Bonchev–Trinajstić information content (AvgIpc) is 2.67. The lowest BCUT2D eigenvalue weighted by atomic mass is 9.48. The Hall–Kier alpha value is -1.91. The Labute approximate surface area is 170 Å². The smallest absolute Gasteiger partial charge is 0.258 e. The quantitative estimate of drug-likeness (QED) is 0.772. The summed E-state index contributed by atoms with van der Waals surface area (Å²) < 4.78 is 0. The molecule has 3 N–H and O–H groups in total. The van der Waals surface area contributed by atoms with Crippen LogP contribution < -0.4 is 11.1 Å². The first-order chi connectivity index (χ1) is 13.6. The fourth-order valence-electron chi connectivity index (χ4n) is 6.41. The molecule has 1 aromatic carbocycles. The predicted octanol–water partition coefficient (Wildman–Crippen LogP) is 4.91. The number of aromatic nitrogens is 1. The summed E-state index contributed by atoms with van der Waals surface area (Å²) in [5.74, 6) is 2.45. The lowest BCUT2D eigenvalue weighted by Gasteiger charge is -2.57. The van der Waals surface area contributed by atoms with Crippen LogP contribution >= 0.6 is 11.6 Å². The molecule has 4 fully saturated rings. The summed E-state index contributed by atoms with van der Waals surface area (Å²) in [7, 11) is 0. The van der Waals surface area contributed by atoms with Gasteiger partial charge in [0.2, 0.25) is 0 Å². The second-order valence-corrected chi connectivity index (χ2v) is 9.49. The lowest BCUT2D eigenvalue weighted by Crippen LogP contribution is -2.48. The van der Waals surface area contributed by atoms with Crippen LogP contribution in [0.4, 0.5) is 5.69 Å². The molecule has 0 saturated heterocycles. The van der Waals surface area contributed by atoms with Gasteiger partial charge in [0.25, 0.3) is 5.91 Å². The van der Waals surface area contributed by atoms with Gasteiger partial charge in [0.15, 0.2) is 0 Å². The molecule has 146 valence electrons. The second kappa shape index (κ2) is 6.85. The summed E-state index contributed by atoms with van der Waals surface area (Å²) >= 11 is 6.14. The van der Waals surface area contributed by atoms with Crippen LogP contribution in [-0.2, 0) is 12.0 Å². The largest absolute Gasteiger partial charge is 0.326 e. The van der Waals surface area contributed by atoms with Crippen molar-refractivity contribution in [3.63, 3.8) is 0 Å². The zero-order valence-corrected chi connectivity index (χ0v) is 16.7. The van der Waals surface area contributed by atoms with Gasteiger partial charge in [-0.3, -0.25) is 9.78 Å². The SMILES string of the molecule is NCc1cc(C23CC4CC(CC(C4)C2)C3)ccc1NC(=O)c1cnccc1Cl. The Morgan fingerprint density at radius 2 is 1.82 bits per heavy atom. The Balaban J connectivity index is 1.43. The first-order valence-corrected chi connectivity index (χ1v) is 10.7. The molecule has 0 radical (unpaired) electrons. The molecule has 1 heterocycles. The monoisotopic (exact) mass is 395 g/mol. The fourth-order valence-corrected chi connectivity index (χ4v) is 6.60. The second-order valence-electron chi connectivity index (χ2n) is 9.08. The van der Waals surface area contributed by atoms with Gasteiger partial charge in [-0.15, -0.1) is 0 Å². The van der Waals surface area contributed by atoms with E-state index in [0.29, 0.717) is 22.5 Å². The predicted molar refractivity (Wildman–Crippen MR) is 111 cm³/mol. The molecule has 6 rings (SSSR count). The van der Waals surface area contributed by atoms with E-state index in [2.05, 4.69) is 22.4 Å². The van der Waals surface area contributed by atoms with Crippen molar-refractivity contribution in [2.24, 2.45) is 23.5 Å². The van der Waals surface area contributed by atoms with Crippen molar-refractivity contribution in [2.45, 2.75) is 50.5 Å². The molecule has 0 atom stereocenters. The van der Waals surface area contributed by atoms with Gasteiger partial charge >= 0.3 is 0 Å². The van der Waals surface area contributed by atoms with Crippen molar-refractivity contribution < 1.29 is 4.79 Å². The minimum atomic E-state index is -0.254. The number of hydrogen-bond acceptors (Lipinski definition) is 3. The zero-order valence-electron chi connectivity index (χ0n) is 16.0. The van der Waals surface area contributed by atoms with Gasteiger partial charge in [-0.05, 0) is 85.0 Å². The van der Waals surface area contributed by atoms with Crippen molar-refractivity contribution in [3.05, 3.63) is 58.4 Å². The third-order valence-electron chi connectivity index (χ3n) is 7.24. The van der Waals surface area contributed by atoms with Gasteiger partial charge in [-0.1, -0.05) is 23.7 Å². The molecule has 4 nitrogen and oxygen atoms in total. The maximum absolute atomic E-state index is 12.6. The highest BCUT2D eigenvalue weighted by atomic mass is 35.5. The summed E-state index contributed by atoms with van der Waals surface area (Å²) in [5.41, 5.74) is 9.94. The molecule has 4 bridgehead atoms. The van der Waals surface area contributed by atoms with Gasteiger partial charge in [0.05, 0.1) is 10.6 Å². The lowest BCUT2D eigenvalue weighted by molar-refractivity contribution is -0.00521. The van der Waals surface area contributed by atoms with Crippen molar-refractivity contribution in [1.82, 2.24) is 4.98 Å². The number of benzene rings is 1. The number of nitrogens with two attached hydrogens (primary N) is 1. The van der Waals surface area contributed by atoms with Gasteiger partial charge < -0.3 is 11.1 Å².